The number of likely N-dealkylation sites (tertiary alicyclic amines) is 1. The number of urea groups is 2. The summed E-state index contributed by atoms with van der Waals surface area (Å²) in [7, 11) is 0. The van der Waals surface area contributed by atoms with Crippen LogP contribution < -0.4 is 16.4 Å². The second-order valence-corrected chi connectivity index (χ2v) is 5.35. The maximum atomic E-state index is 11.9. The lowest BCUT2D eigenvalue weighted by Crippen LogP contribution is -2.50. The van der Waals surface area contributed by atoms with Crippen LogP contribution in [0.1, 0.15) is 32.6 Å². The molecule has 0 aromatic heterocycles. The van der Waals surface area contributed by atoms with Crippen LogP contribution in [0.15, 0.2) is 0 Å². The first-order chi connectivity index (χ1) is 9.91. The number of carboxylic acid groups (broad SMARTS) is 1. The zero-order chi connectivity index (χ0) is 15.9. The first-order valence-corrected chi connectivity index (χ1v) is 7.21. The van der Waals surface area contributed by atoms with Crippen LogP contribution in [0.4, 0.5) is 9.59 Å². The van der Waals surface area contributed by atoms with Crippen molar-refractivity contribution in [2.45, 2.75) is 32.6 Å². The SMILES string of the molecule is CCCC1(C(=O)O)CCN(C(=O)NCCNC(N)=O)CC1. The van der Waals surface area contributed by atoms with E-state index >= 15 is 0 Å². The third kappa shape index (κ3) is 4.80. The Bertz CT molecular complexity index is 392. The summed E-state index contributed by atoms with van der Waals surface area (Å²) in [5.74, 6) is -0.768. The van der Waals surface area contributed by atoms with Crippen molar-refractivity contribution in [1.82, 2.24) is 15.5 Å². The van der Waals surface area contributed by atoms with E-state index in [-0.39, 0.29) is 19.1 Å². The van der Waals surface area contributed by atoms with Gasteiger partial charge in [0.15, 0.2) is 0 Å². The molecule has 1 rings (SSSR count). The maximum Gasteiger partial charge on any atom is 0.317 e. The summed E-state index contributed by atoms with van der Waals surface area (Å²) in [5, 5.41) is 14.4. The number of carbonyl (C=O) groups excluding carboxylic acids is 2. The van der Waals surface area contributed by atoms with E-state index in [0.717, 1.165) is 6.42 Å². The Morgan fingerprint density at radius 2 is 1.76 bits per heavy atom. The molecular formula is C13H24N4O4. The number of carbonyl (C=O) groups is 3. The van der Waals surface area contributed by atoms with Crippen LogP contribution in [0, 0.1) is 5.41 Å². The second kappa shape index (κ2) is 7.70. The molecule has 0 radical (unpaired) electrons. The first-order valence-electron chi connectivity index (χ1n) is 7.21. The fourth-order valence-corrected chi connectivity index (χ4v) is 2.65. The molecule has 0 spiro atoms. The summed E-state index contributed by atoms with van der Waals surface area (Å²) in [6.07, 6.45) is 2.41. The molecule has 0 saturated carbocycles. The minimum Gasteiger partial charge on any atom is -0.481 e. The average molecular weight is 300 g/mol. The summed E-state index contributed by atoms with van der Waals surface area (Å²) >= 11 is 0. The Morgan fingerprint density at radius 3 is 2.24 bits per heavy atom. The quantitative estimate of drug-likeness (QED) is 0.527. The first kappa shape index (κ1) is 17.1. The molecule has 1 heterocycles. The Morgan fingerprint density at radius 1 is 1.19 bits per heavy atom. The third-order valence-electron chi connectivity index (χ3n) is 3.89. The number of amides is 4. The number of nitrogens with zero attached hydrogens (tertiary/aromatic N) is 1. The molecule has 1 aliphatic rings. The van der Waals surface area contributed by atoms with Crippen LogP contribution in [0.3, 0.4) is 0 Å². The van der Waals surface area contributed by atoms with Crippen molar-refractivity contribution >= 4 is 18.0 Å². The fourth-order valence-electron chi connectivity index (χ4n) is 2.65. The number of hydrogen-bond donors (Lipinski definition) is 4. The minimum absolute atomic E-state index is 0.239. The van der Waals surface area contributed by atoms with E-state index in [1.54, 1.807) is 4.90 Å². The molecule has 0 unspecified atom stereocenters. The smallest absolute Gasteiger partial charge is 0.317 e. The molecular weight excluding hydrogens is 276 g/mol. The number of primary amides is 1. The lowest BCUT2D eigenvalue weighted by molar-refractivity contribution is -0.152. The van der Waals surface area contributed by atoms with E-state index in [1.807, 2.05) is 6.92 Å². The summed E-state index contributed by atoms with van der Waals surface area (Å²) in [6, 6.07) is -0.871. The highest BCUT2D eigenvalue weighted by Crippen LogP contribution is 2.36. The van der Waals surface area contributed by atoms with Gasteiger partial charge in [-0.05, 0) is 19.3 Å². The molecule has 8 nitrogen and oxygen atoms in total. The van der Waals surface area contributed by atoms with Gasteiger partial charge in [-0.25, -0.2) is 9.59 Å². The van der Waals surface area contributed by atoms with Gasteiger partial charge in [-0.15, -0.1) is 0 Å². The highest BCUT2D eigenvalue weighted by molar-refractivity contribution is 5.77. The van der Waals surface area contributed by atoms with E-state index in [9.17, 15) is 19.5 Å². The molecule has 1 saturated heterocycles. The normalized spacial score (nSPS) is 17.1. The van der Waals surface area contributed by atoms with Gasteiger partial charge in [0.05, 0.1) is 5.41 Å². The molecule has 0 aromatic carbocycles. The molecule has 0 aliphatic carbocycles. The molecule has 1 aliphatic heterocycles. The van der Waals surface area contributed by atoms with Crippen LogP contribution in [0.2, 0.25) is 0 Å². The molecule has 0 atom stereocenters. The van der Waals surface area contributed by atoms with Gasteiger partial charge >= 0.3 is 18.0 Å². The maximum absolute atomic E-state index is 11.9. The molecule has 0 aromatic rings. The van der Waals surface area contributed by atoms with Crippen molar-refractivity contribution in [2.75, 3.05) is 26.2 Å². The van der Waals surface area contributed by atoms with Crippen LogP contribution >= 0.6 is 0 Å². The van der Waals surface area contributed by atoms with Gasteiger partial charge in [0.2, 0.25) is 0 Å². The van der Waals surface area contributed by atoms with Gasteiger partial charge in [-0.1, -0.05) is 13.3 Å². The number of aliphatic carboxylic acids is 1. The summed E-state index contributed by atoms with van der Waals surface area (Å²) in [4.78, 5) is 35.4. The van der Waals surface area contributed by atoms with Crippen LogP contribution in [-0.2, 0) is 4.79 Å². The highest BCUT2D eigenvalue weighted by Gasteiger charge is 2.41. The van der Waals surface area contributed by atoms with Gasteiger partial charge in [0, 0.05) is 26.2 Å². The van der Waals surface area contributed by atoms with Gasteiger partial charge in [0.25, 0.3) is 0 Å². The topological polar surface area (TPSA) is 125 Å². The van der Waals surface area contributed by atoms with Crippen molar-refractivity contribution in [1.29, 1.82) is 0 Å². The molecule has 8 heteroatoms. The number of rotatable bonds is 6. The molecule has 21 heavy (non-hydrogen) atoms. The van der Waals surface area contributed by atoms with Crippen LogP contribution in [0.25, 0.3) is 0 Å². The molecule has 4 amide bonds. The Kier molecular flexibility index (Phi) is 6.26. The van der Waals surface area contributed by atoms with E-state index < -0.39 is 17.4 Å². The Labute approximate surface area is 124 Å². The van der Waals surface area contributed by atoms with Crippen molar-refractivity contribution < 1.29 is 19.5 Å². The predicted octanol–water partition coefficient (Wildman–Crippen LogP) is 0.331. The second-order valence-electron chi connectivity index (χ2n) is 5.35. The Hall–Kier alpha value is -1.99. The average Bonchev–Trinajstić information content (AvgIpc) is 2.44. The standard InChI is InChI=1S/C13H24N4O4/c1-2-3-13(10(18)19)4-8-17(9-5-13)12(21)16-7-6-15-11(14)20/h2-9H2,1H3,(H,16,21)(H,18,19)(H3,14,15,20). The van der Waals surface area contributed by atoms with E-state index in [0.29, 0.717) is 32.4 Å². The minimum atomic E-state index is -0.768. The number of hydrogen-bond acceptors (Lipinski definition) is 3. The van der Waals surface area contributed by atoms with E-state index in [4.69, 9.17) is 5.73 Å². The zero-order valence-electron chi connectivity index (χ0n) is 12.4. The van der Waals surface area contributed by atoms with E-state index in [1.165, 1.54) is 0 Å². The largest absolute Gasteiger partial charge is 0.481 e. The summed E-state index contributed by atoms with van der Waals surface area (Å²) in [5.41, 5.74) is 4.21. The lowest BCUT2D eigenvalue weighted by Gasteiger charge is -2.38. The predicted molar refractivity (Wildman–Crippen MR) is 76.8 cm³/mol. The Balaban J connectivity index is 2.39. The van der Waals surface area contributed by atoms with Gasteiger partial charge in [0.1, 0.15) is 0 Å². The third-order valence-corrected chi connectivity index (χ3v) is 3.89. The number of nitrogens with one attached hydrogen (secondary N) is 2. The summed E-state index contributed by atoms with van der Waals surface area (Å²) in [6.45, 7) is 3.39. The van der Waals surface area contributed by atoms with E-state index in [2.05, 4.69) is 10.6 Å². The number of piperidine rings is 1. The molecule has 0 bridgehead atoms. The monoisotopic (exact) mass is 300 g/mol. The van der Waals surface area contributed by atoms with Crippen molar-refractivity contribution in [3.8, 4) is 0 Å². The summed E-state index contributed by atoms with van der Waals surface area (Å²) < 4.78 is 0. The fraction of sp³-hybridized carbons (Fsp3) is 0.769. The van der Waals surface area contributed by atoms with Crippen LogP contribution in [-0.4, -0.2) is 54.2 Å². The van der Waals surface area contributed by atoms with Crippen molar-refractivity contribution in [3.05, 3.63) is 0 Å². The van der Waals surface area contributed by atoms with Gasteiger partial charge in [-0.2, -0.15) is 0 Å². The number of nitrogens with two attached hydrogens (primary N) is 1. The molecule has 120 valence electrons. The molecule has 5 N–H and O–H groups in total. The lowest BCUT2D eigenvalue weighted by atomic mass is 9.75. The van der Waals surface area contributed by atoms with Gasteiger partial charge in [-0.3, -0.25) is 4.79 Å². The van der Waals surface area contributed by atoms with Crippen molar-refractivity contribution in [3.63, 3.8) is 0 Å². The van der Waals surface area contributed by atoms with Crippen LogP contribution in [0.5, 0.6) is 0 Å². The van der Waals surface area contributed by atoms with Crippen molar-refractivity contribution in [2.24, 2.45) is 11.1 Å². The number of carboxylic acids is 1. The molecule has 1 fully saturated rings. The van der Waals surface area contributed by atoms with Gasteiger partial charge < -0.3 is 26.4 Å². The zero-order valence-corrected chi connectivity index (χ0v) is 12.4. The highest BCUT2D eigenvalue weighted by atomic mass is 16.4.